The molecule has 0 fully saturated rings. The Morgan fingerprint density at radius 1 is 1.08 bits per heavy atom. The topological polar surface area (TPSA) is 72.7 Å². The summed E-state index contributed by atoms with van der Waals surface area (Å²) < 4.78 is 1.85. The van der Waals surface area contributed by atoms with Gasteiger partial charge in [-0.05, 0) is 54.4 Å². The second kappa shape index (κ2) is 6.76. The Labute approximate surface area is 150 Å². The number of benzene rings is 2. The summed E-state index contributed by atoms with van der Waals surface area (Å²) in [4.78, 5) is 16.5. The summed E-state index contributed by atoms with van der Waals surface area (Å²) in [6.45, 7) is 2.56. The average molecular weight is 343 g/mol. The van der Waals surface area contributed by atoms with E-state index in [0.29, 0.717) is 17.9 Å². The second-order valence-corrected chi connectivity index (χ2v) is 6.11. The number of anilines is 1. The Bertz CT molecular complexity index is 1070. The van der Waals surface area contributed by atoms with Gasteiger partial charge in [0, 0.05) is 11.8 Å². The van der Waals surface area contributed by atoms with E-state index >= 15 is 0 Å². The number of aromatic nitrogens is 4. The number of hydrogen-bond donors (Lipinski definition) is 1. The Hall–Kier alpha value is -3.54. The predicted molar refractivity (Wildman–Crippen MR) is 100.0 cm³/mol. The van der Waals surface area contributed by atoms with Gasteiger partial charge < -0.3 is 5.32 Å². The van der Waals surface area contributed by atoms with E-state index in [4.69, 9.17) is 0 Å². The lowest BCUT2D eigenvalue weighted by Crippen LogP contribution is -2.13. The van der Waals surface area contributed by atoms with Gasteiger partial charge in [-0.3, -0.25) is 4.79 Å². The monoisotopic (exact) mass is 343 g/mol. The third kappa shape index (κ3) is 3.30. The summed E-state index contributed by atoms with van der Waals surface area (Å²) in [5.74, 6) is 0.369. The molecule has 0 bridgehead atoms. The first-order chi connectivity index (χ1) is 12.7. The molecule has 0 aliphatic carbocycles. The van der Waals surface area contributed by atoms with Crippen LogP contribution in [0.3, 0.4) is 0 Å². The quantitative estimate of drug-likeness (QED) is 0.616. The molecular formula is C20H17N5O. The van der Waals surface area contributed by atoms with Gasteiger partial charge in [-0.25, -0.2) is 9.67 Å². The van der Waals surface area contributed by atoms with E-state index in [1.54, 1.807) is 18.3 Å². The van der Waals surface area contributed by atoms with Crippen molar-refractivity contribution in [2.45, 2.75) is 13.5 Å². The van der Waals surface area contributed by atoms with Gasteiger partial charge in [-0.15, -0.1) is 5.10 Å². The molecule has 0 saturated heterocycles. The zero-order valence-electron chi connectivity index (χ0n) is 14.3. The fraction of sp³-hybridized carbons (Fsp3) is 0.100. The van der Waals surface area contributed by atoms with E-state index in [1.165, 1.54) is 0 Å². The molecule has 2 aromatic carbocycles. The van der Waals surface area contributed by atoms with Crippen LogP contribution in [0.25, 0.3) is 11.0 Å². The minimum atomic E-state index is -0.180. The molecular weight excluding hydrogens is 326 g/mol. The molecule has 128 valence electrons. The lowest BCUT2D eigenvalue weighted by molar-refractivity contribution is 0.102. The molecule has 2 heterocycles. The van der Waals surface area contributed by atoms with Crippen LogP contribution in [-0.2, 0) is 6.54 Å². The molecule has 0 saturated carbocycles. The summed E-state index contributed by atoms with van der Waals surface area (Å²) in [5, 5.41) is 11.2. The summed E-state index contributed by atoms with van der Waals surface area (Å²) in [6.07, 6.45) is 1.68. The third-order valence-corrected chi connectivity index (χ3v) is 4.13. The Morgan fingerprint density at radius 3 is 2.69 bits per heavy atom. The van der Waals surface area contributed by atoms with Crippen LogP contribution in [0, 0.1) is 6.92 Å². The Balaban J connectivity index is 1.49. The van der Waals surface area contributed by atoms with Gasteiger partial charge >= 0.3 is 0 Å². The van der Waals surface area contributed by atoms with Crippen molar-refractivity contribution in [3.8, 4) is 0 Å². The summed E-state index contributed by atoms with van der Waals surface area (Å²) in [6, 6.07) is 19.0. The number of amides is 1. The first-order valence-electron chi connectivity index (χ1n) is 8.30. The summed E-state index contributed by atoms with van der Waals surface area (Å²) in [5.41, 5.74) is 4.53. The Morgan fingerprint density at radius 2 is 1.88 bits per heavy atom. The number of nitrogens with one attached hydrogen (secondary N) is 1. The smallest absolute Gasteiger partial charge is 0.256 e. The van der Waals surface area contributed by atoms with Crippen molar-refractivity contribution in [1.82, 2.24) is 20.0 Å². The van der Waals surface area contributed by atoms with Gasteiger partial charge in [0.25, 0.3) is 5.91 Å². The number of nitrogens with zero attached hydrogens (tertiary/aromatic N) is 4. The highest BCUT2D eigenvalue weighted by molar-refractivity contribution is 6.03. The maximum atomic E-state index is 12.3. The van der Waals surface area contributed by atoms with Crippen LogP contribution in [0.5, 0.6) is 0 Å². The number of para-hydroxylation sites is 1. The SMILES string of the molecule is Cc1ccnc(NC(=O)c2ccc(Cn3nnc4ccccc43)cc2)c1. The van der Waals surface area contributed by atoms with Crippen molar-refractivity contribution >= 4 is 22.8 Å². The predicted octanol–water partition coefficient (Wildman–Crippen LogP) is 3.44. The number of carbonyl (C=O) groups is 1. The van der Waals surface area contributed by atoms with Gasteiger partial charge in [0.2, 0.25) is 0 Å². The van der Waals surface area contributed by atoms with Crippen molar-refractivity contribution in [3.05, 3.63) is 83.6 Å². The van der Waals surface area contributed by atoms with E-state index < -0.39 is 0 Å². The molecule has 26 heavy (non-hydrogen) atoms. The van der Waals surface area contributed by atoms with E-state index in [-0.39, 0.29) is 5.91 Å². The number of carbonyl (C=O) groups excluding carboxylic acids is 1. The molecule has 6 heteroatoms. The maximum absolute atomic E-state index is 12.3. The largest absolute Gasteiger partial charge is 0.307 e. The van der Waals surface area contributed by atoms with Crippen molar-refractivity contribution in [2.75, 3.05) is 5.32 Å². The maximum Gasteiger partial charge on any atom is 0.256 e. The highest BCUT2D eigenvalue weighted by atomic mass is 16.1. The lowest BCUT2D eigenvalue weighted by Gasteiger charge is -2.07. The minimum Gasteiger partial charge on any atom is -0.307 e. The first kappa shape index (κ1) is 16.0. The van der Waals surface area contributed by atoms with Crippen LogP contribution in [0.4, 0.5) is 5.82 Å². The van der Waals surface area contributed by atoms with Gasteiger partial charge in [-0.1, -0.05) is 29.5 Å². The van der Waals surface area contributed by atoms with Crippen LogP contribution in [-0.4, -0.2) is 25.9 Å². The van der Waals surface area contributed by atoms with Crippen molar-refractivity contribution < 1.29 is 4.79 Å². The Kier molecular flexibility index (Phi) is 4.15. The van der Waals surface area contributed by atoms with Crippen LogP contribution in [0.2, 0.25) is 0 Å². The number of hydrogen-bond acceptors (Lipinski definition) is 4. The number of aryl methyl sites for hydroxylation is 1. The molecule has 0 radical (unpaired) electrons. The molecule has 0 spiro atoms. The molecule has 0 aliphatic rings. The van der Waals surface area contributed by atoms with Gasteiger partial charge in [0.15, 0.2) is 0 Å². The molecule has 2 aromatic heterocycles. The zero-order valence-corrected chi connectivity index (χ0v) is 14.3. The number of fused-ring (bicyclic) bond motifs is 1. The molecule has 1 amide bonds. The minimum absolute atomic E-state index is 0.180. The van der Waals surface area contributed by atoms with E-state index in [2.05, 4.69) is 20.6 Å². The molecule has 6 nitrogen and oxygen atoms in total. The standard InChI is InChI=1S/C20H17N5O/c1-14-10-11-21-19(12-14)22-20(26)16-8-6-15(7-9-16)13-25-18-5-3-2-4-17(18)23-24-25/h2-12H,13H2,1H3,(H,21,22,26). The van der Waals surface area contributed by atoms with Crippen LogP contribution < -0.4 is 5.32 Å². The summed E-state index contributed by atoms with van der Waals surface area (Å²) >= 11 is 0. The van der Waals surface area contributed by atoms with Gasteiger partial charge in [-0.2, -0.15) is 0 Å². The van der Waals surface area contributed by atoms with Crippen LogP contribution >= 0.6 is 0 Å². The fourth-order valence-electron chi connectivity index (χ4n) is 2.76. The molecule has 0 atom stereocenters. The summed E-state index contributed by atoms with van der Waals surface area (Å²) in [7, 11) is 0. The van der Waals surface area contributed by atoms with E-state index in [1.807, 2.05) is 60.1 Å². The normalized spacial score (nSPS) is 10.8. The molecule has 4 aromatic rings. The number of rotatable bonds is 4. The second-order valence-electron chi connectivity index (χ2n) is 6.11. The zero-order chi connectivity index (χ0) is 17.9. The van der Waals surface area contributed by atoms with E-state index in [0.717, 1.165) is 22.2 Å². The lowest BCUT2D eigenvalue weighted by atomic mass is 10.1. The molecule has 0 aliphatic heterocycles. The van der Waals surface area contributed by atoms with E-state index in [9.17, 15) is 4.79 Å². The van der Waals surface area contributed by atoms with Crippen molar-refractivity contribution in [2.24, 2.45) is 0 Å². The number of pyridine rings is 1. The van der Waals surface area contributed by atoms with Crippen LogP contribution in [0.15, 0.2) is 66.9 Å². The highest BCUT2D eigenvalue weighted by Crippen LogP contribution is 2.14. The third-order valence-electron chi connectivity index (χ3n) is 4.13. The van der Waals surface area contributed by atoms with Crippen molar-refractivity contribution in [3.63, 3.8) is 0 Å². The van der Waals surface area contributed by atoms with Gasteiger partial charge in [0.1, 0.15) is 11.3 Å². The van der Waals surface area contributed by atoms with Gasteiger partial charge in [0.05, 0.1) is 12.1 Å². The van der Waals surface area contributed by atoms with Crippen LogP contribution in [0.1, 0.15) is 21.5 Å². The molecule has 1 N–H and O–H groups in total. The molecule has 4 rings (SSSR count). The average Bonchev–Trinajstić information content (AvgIpc) is 3.05. The first-order valence-corrected chi connectivity index (χ1v) is 8.30. The molecule has 0 unspecified atom stereocenters. The highest BCUT2D eigenvalue weighted by Gasteiger charge is 2.08. The fourth-order valence-corrected chi connectivity index (χ4v) is 2.76. The van der Waals surface area contributed by atoms with Crippen molar-refractivity contribution in [1.29, 1.82) is 0 Å².